The van der Waals surface area contributed by atoms with E-state index in [0.717, 1.165) is 35.5 Å². The summed E-state index contributed by atoms with van der Waals surface area (Å²) < 4.78 is 38.1. The third kappa shape index (κ3) is 15.7. The van der Waals surface area contributed by atoms with Crippen molar-refractivity contribution in [1.82, 2.24) is 44.3 Å². The molecule has 3 amide bonds. The minimum Gasteiger partial charge on any atom is -0.497 e. The first-order chi connectivity index (χ1) is 43.7. The van der Waals surface area contributed by atoms with Gasteiger partial charge in [0.1, 0.15) is 62.3 Å². The number of likely N-dealkylation sites (tertiary alicyclic amines) is 2. The number of pyridine rings is 3. The quantitative estimate of drug-likeness (QED) is 0.0622. The molecule has 3 fully saturated rings. The second-order valence-corrected chi connectivity index (χ2v) is 24.6. The van der Waals surface area contributed by atoms with Crippen molar-refractivity contribution in [3.05, 3.63) is 168 Å². The second kappa shape index (κ2) is 26.7. The molecule has 12 rings (SSSR count). The Morgan fingerprint density at radius 2 is 0.967 bits per heavy atom. The van der Waals surface area contributed by atoms with Gasteiger partial charge in [-0.3, -0.25) is 4.79 Å². The van der Waals surface area contributed by atoms with Gasteiger partial charge in [-0.05, 0) is 175 Å². The Balaban J connectivity index is 0.000000191. The third-order valence-electron chi connectivity index (χ3n) is 15.3. The van der Waals surface area contributed by atoms with Crippen LogP contribution >= 0.6 is 0 Å². The summed E-state index contributed by atoms with van der Waals surface area (Å²) in [4.78, 5) is 66.7. The topological polar surface area (TPSA) is 261 Å². The van der Waals surface area contributed by atoms with Gasteiger partial charge in [-0.2, -0.15) is 10.2 Å². The van der Waals surface area contributed by atoms with Gasteiger partial charge in [0.2, 0.25) is 0 Å². The molecule has 0 unspecified atom stereocenters. The first kappa shape index (κ1) is 62.2. The van der Waals surface area contributed by atoms with E-state index >= 15 is 0 Å². The van der Waals surface area contributed by atoms with Crippen LogP contribution in [0.5, 0.6) is 34.5 Å². The lowest BCUT2D eigenvalue weighted by molar-refractivity contribution is 0.0283. The highest BCUT2D eigenvalue weighted by Gasteiger charge is 2.33. The maximum Gasteiger partial charge on any atom is 0.410 e. The number of ether oxygens (including phenoxy) is 6. The number of carbonyl (C=O) groups is 4. The third-order valence-corrected chi connectivity index (χ3v) is 15.3. The molecule has 9 aromatic rings. The number of nitrogens with one attached hydrogen (secondary N) is 3. The molecule has 472 valence electrons. The van der Waals surface area contributed by atoms with E-state index in [1.807, 2.05) is 107 Å². The molecule has 5 aromatic heterocycles. The largest absolute Gasteiger partial charge is 0.497 e. The minimum absolute atomic E-state index is 0.0552. The number of benzene rings is 4. The summed E-state index contributed by atoms with van der Waals surface area (Å²) in [5.41, 5.74) is 4.01. The minimum atomic E-state index is -1.01. The van der Waals surface area contributed by atoms with Crippen molar-refractivity contribution in [3.63, 3.8) is 0 Å². The van der Waals surface area contributed by atoms with Crippen LogP contribution in [-0.4, -0.2) is 137 Å². The second-order valence-electron chi connectivity index (χ2n) is 24.6. The SMILES string of the molecule is COc1ccc(Cn2nc(N[C@@H]3CCN(C(=O)OC(C)(C)C)C3)c3c(Oc4ccc(C(=O)Nc5cc(C6CC6)ccn5)cc4)ccnc32)cc1.COc1ccc(Cn2nc(N[C@@H]3CCN(C(=O)OC(C)(C)C)C3)c3c(Oc4ccc(C(=O)O)cc4)ccnc32)cc1. The number of carboxylic acid groups (broad SMARTS) is 1. The van der Waals surface area contributed by atoms with Crippen molar-refractivity contribution >= 4 is 63.6 Å². The van der Waals surface area contributed by atoms with Crippen LogP contribution < -0.4 is 34.9 Å². The van der Waals surface area contributed by atoms with Gasteiger partial charge in [0.25, 0.3) is 5.91 Å². The average molecular weight is 1240 g/mol. The van der Waals surface area contributed by atoms with E-state index in [0.29, 0.717) is 113 Å². The molecule has 0 spiro atoms. The van der Waals surface area contributed by atoms with E-state index in [-0.39, 0.29) is 35.7 Å². The number of nitrogens with zero attached hydrogens (tertiary/aromatic N) is 9. The zero-order valence-corrected chi connectivity index (χ0v) is 52.1. The highest BCUT2D eigenvalue weighted by molar-refractivity contribution is 6.04. The van der Waals surface area contributed by atoms with Crippen molar-refractivity contribution < 1.29 is 52.7 Å². The zero-order valence-electron chi connectivity index (χ0n) is 52.1. The Hall–Kier alpha value is -10.5. The van der Waals surface area contributed by atoms with Crippen LogP contribution in [0.4, 0.5) is 27.0 Å². The summed E-state index contributed by atoms with van der Waals surface area (Å²) in [6.45, 7) is 14.1. The van der Waals surface area contributed by atoms with Gasteiger partial charge in [-0.15, -0.1) is 0 Å². The number of hydrogen-bond acceptors (Lipinski definition) is 17. The molecule has 0 radical (unpaired) electrons. The number of rotatable bonds is 18. The van der Waals surface area contributed by atoms with Crippen LogP contribution in [0.25, 0.3) is 22.1 Å². The predicted molar refractivity (Wildman–Crippen MR) is 343 cm³/mol. The fourth-order valence-electron chi connectivity index (χ4n) is 10.6. The molecule has 1 aliphatic carbocycles. The van der Waals surface area contributed by atoms with E-state index in [1.54, 1.807) is 95.8 Å². The lowest BCUT2D eigenvalue weighted by atomic mass is 10.1. The van der Waals surface area contributed by atoms with Crippen LogP contribution in [0.2, 0.25) is 0 Å². The van der Waals surface area contributed by atoms with Crippen LogP contribution in [0.15, 0.2) is 140 Å². The lowest BCUT2D eigenvalue weighted by Gasteiger charge is -2.24. The van der Waals surface area contributed by atoms with E-state index < -0.39 is 17.2 Å². The number of fused-ring (bicyclic) bond motifs is 2. The van der Waals surface area contributed by atoms with Crippen molar-refractivity contribution in [2.75, 3.05) is 56.3 Å². The van der Waals surface area contributed by atoms with Gasteiger partial charge in [-0.25, -0.2) is 38.7 Å². The van der Waals surface area contributed by atoms with Crippen LogP contribution in [0, 0.1) is 0 Å². The smallest absolute Gasteiger partial charge is 0.410 e. The fraction of sp³-hybridized carbons (Fsp3) is 0.338. The Morgan fingerprint density at radius 3 is 1.38 bits per heavy atom. The molecule has 2 aliphatic heterocycles. The van der Waals surface area contributed by atoms with Crippen molar-refractivity contribution in [1.29, 1.82) is 0 Å². The number of methoxy groups -OCH3 is 2. The van der Waals surface area contributed by atoms with Gasteiger partial charge in [-0.1, -0.05) is 24.3 Å². The van der Waals surface area contributed by atoms with Gasteiger partial charge < -0.3 is 59.3 Å². The summed E-state index contributed by atoms with van der Waals surface area (Å²) in [6, 6.07) is 36.1. The Labute approximate surface area is 526 Å². The number of hydrogen-bond donors (Lipinski definition) is 4. The van der Waals surface area contributed by atoms with E-state index in [2.05, 4.69) is 25.9 Å². The summed E-state index contributed by atoms with van der Waals surface area (Å²) in [7, 11) is 3.27. The predicted octanol–water partition coefficient (Wildman–Crippen LogP) is 12.6. The van der Waals surface area contributed by atoms with E-state index in [9.17, 15) is 24.3 Å². The number of anilines is 3. The molecule has 23 nitrogen and oxygen atoms in total. The highest BCUT2D eigenvalue weighted by Crippen LogP contribution is 2.41. The fourth-order valence-corrected chi connectivity index (χ4v) is 10.6. The molecule has 4 N–H and O–H groups in total. The normalized spacial score (nSPS) is 15.6. The number of aromatic nitrogens is 7. The zero-order chi connectivity index (χ0) is 64.0. The molecular formula is C68H74N12O11. The summed E-state index contributed by atoms with van der Waals surface area (Å²) in [5, 5.41) is 30.4. The number of carboxylic acids is 1. The first-order valence-electron chi connectivity index (χ1n) is 30.2. The number of carbonyl (C=O) groups excluding carboxylic acids is 3. The van der Waals surface area contributed by atoms with E-state index in [1.165, 1.54) is 30.5 Å². The molecule has 4 aromatic carbocycles. The molecule has 1 saturated carbocycles. The Bertz CT molecular complexity index is 4060. The van der Waals surface area contributed by atoms with Crippen molar-refractivity contribution in [3.8, 4) is 34.5 Å². The van der Waals surface area contributed by atoms with Gasteiger partial charge in [0.05, 0.1) is 32.9 Å². The molecule has 2 saturated heterocycles. The first-order valence-corrected chi connectivity index (χ1v) is 30.2. The number of amides is 3. The van der Waals surface area contributed by atoms with Crippen LogP contribution in [0.1, 0.15) is 111 Å². The highest BCUT2D eigenvalue weighted by atomic mass is 16.6. The monoisotopic (exact) mass is 1230 g/mol. The standard InChI is InChI=1S/C38H41N7O5.C30H33N5O6/c1-38(2,3)50-37(47)44-20-17-28(23-44)41-34-33-31(16-19-40-35(33)45(43-34)22-24-5-11-29(48-4)12-6-24)49-30-13-9-26(10-14-30)36(46)42-32-21-27(15-18-39-32)25-7-8-25;1-30(2,3)41-29(38)34-16-14-21(18-34)32-26-25-24(40-23-11-7-20(8-12-23)28(36)37)13-15-31-27(25)35(33-26)17-19-5-9-22(39-4)10-6-19/h5-6,9-16,18-19,21,25,28H,7-8,17,20,22-23H2,1-4H3,(H,41,43)(H,39,42,46);5-13,15,21H,14,16-18H2,1-4H3,(H,32,33)(H,36,37)/t28-;21-/m11/s1. The van der Waals surface area contributed by atoms with E-state index in [4.69, 9.17) is 43.6 Å². The maximum absolute atomic E-state index is 13.0. The molecule has 91 heavy (non-hydrogen) atoms. The van der Waals surface area contributed by atoms with Crippen molar-refractivity contribution in [2.45, 2.75) is 110 Å². The van der Waals surface area contributed by atoms with Crippen LogP contribution in [-0.2, 0) is 22.6 Å². The Kier molecular flexibility index (Phi) is 18.2. The summed E-state index contributed by atoms with van der Waals surface area (Å²) in [5.74, 6) is 4.68. The number of aromatic carboxylic acids is 1. The Morgan fingerprint density at radius 1 is 0.538 bits per heavy atom. The molecule has 2 atom stereocenters. The molecule has 3 aliphatic rings. The van der Waals surface area contributed by atoms with Crippen LogP contribution in [0.3, 0.4) is 0 Å². The molecule has 23 heteroatoms. The average Bonchev–Trinajstić information content (AvgIpc) is 1.74. The summed E-state index contributed by atoms with van der Waals surface area (Å²) in [6.07, 6.45) is 8.22. The molecule has 7 heterocycles. The molecule has 0 bridgehead atoms. The maximum atomic E-state index is 13.0. The van der Waals surface area contributed by atoms with Crippen molar-refractivity contribution in [2.24, 2.45) is 0 Å². The van der Waals surface area contributed by atoms with Gasteiger partial charge >= 0.3 is 18.2 Å². The van der Waals surface area contributed by atoms with Gasteiger partial charge in [0.15, 0.2) is 22.9 Å². The lowest BCUT2D eigenvalue weighted by Crippen LogP contribution is -2.36. The molecular weight excluding hydrogens is 1160 g/mol. The summed E-state index contributed by atoms with van der Waals surface area (Å²) >= 11 is 0. The van der Waals surface area contributed by atoms with Gasteiger partial charge in [0, 0.05) is 74.5 Å².